The van der Waals surface area contributed by atoms with E-state index >= 15 is 0 Å². The molecule has 0 radical (unpaired) electrons. The molecule has 6 heteroatoms. The van der Waals surface area contributed by atoms with E-state index in [1.807, 2.05) is 23.9 Å². The number of benzene rings is 1. The molecule has 5 rings (SSSR count). The second kappa shape index (κ2) is 6.51. The predicted molar refractivity (Wildman–Crippen MR) is 103 cm³/mol. The Morgan fingerprint density at radius 1 is 1.30 bits per heavy atom. The quantitative estimate of drug-likeness (QED) is 0.906. The van der Waals surface area contributed by atoms with Crippen molar-refractivity contribution >= 4 is 16.9 Å². The molecule has 1 saturated carbocycles. The summed E-state index contributed by atoms with van der Waals surface area (Å²) < 4.78 is 7.44. The molecule has 3 heterocycles. The summed E-state index contributed by atoms with van der Waals surface area (Å²) in [6.45, 7) is 3.08. The molecule has 27 heavy (non-hydrogen) atoms. The lowest BCUT2D eigenvalue weighted by Crippen LogP contribution is -2.72. The maximum Gasteiger partial charge on any atom is 0.318 e. The van der Waals surface area contributed by atoms with Gasteiger partial charge in [-0.25, -0.2) is 4.79 Å². The molecule has 1 unspecified atom stereocenters. The second-order valence-electron chi connectivity index (χ2n) is 8.48. The number of nitrogens with zero attached hydrogens (tertiary/aromatic N) is 3. The Balaban J connectivity index is 1.29. The topological polar surface area (TPSA) is 59.4 Å². The van der Waals surface area contributed by atoms with Gasteiger partial charge in [0.25, 0.3) is 0 Å². The molecule has 2 saturated heterocycles. The summed E-state index contributed by atoms with van der Waals surface area (Å²) in [7, 11) is 1.95. The predicted octanol–water partition coefficient (Wildman–Crippen LogP) is 3.06. The van der Waals surface area contributed by atoms with Crippen LogP contribution in [0.25, 0.3) is 10.9 Å². The molecule has 1 aromatic carbocycles. The normalized spacial score (nSPS) is 24.6. The maximum absolute atomic E-state index is 13.0. The minimum absolute atomic E-state index is 0.0683. The van der Waals surface area contributed by atoms with E-state index < -0.39 is 0 Å². The van der Waals surface area contributed by atoms with E-state index in [1.165, 1.54) is 19.3 Å². The number of ether oxygens (including phenoxy) is 1. The summed E-state index contributed by atoms with van der Waals surface area (Å²) >= 11 is 0. The molecule has 1 aliphatic carbocycles. The zero-order chi connectivity index (χ0) is 18.4. The van der Waals surface area contributed by atoms with E-state index in [-0.39, 0.29) is 6.03 Å². The van der Waals surface area contributed by atoms with E-state index in [4.69, 9.17) is 4.74 Å². The van der Waals surface area contributed by atoms with Gasteiger partial charge in [0.2, 0.25) is 0 Å². The summed E-state index contributed by atoms with van der Waals surface area (Å²) in [6.07, 6.45) is 6.05. The number of amides is 2. The number of para-hydroxylation sites is 1. The zero-order valence-electron chi connectivity index (χ0n) is 16.0. The largest absolute Gasteiger partial charge is 0.381 e. The van der Waals surface area contributed by atoms with E-state index in [0.717, 1.165) is 49.2 Å². The van der Waals surface area contributed by atoms with Crippen LogP contribution in [0.15, 0.2) is 24.3 Å². The van der Waals surface area contributed by atoms with Crippen molar-refractivity contribution in [3.63, 3.8) is 0 Å². The molecule has 0 bridgehead atoms. The van der Waals surface area contributed by atoms with Gasteiger partial charge < -0.3 is 15.0 Å². The summed E-state index contributed by atoms with van der Waals surface area (Å²) in [6, 6.07) is 8.64. The molecule has 1 N–H and O–H groups in total. The Bertz CT molecular complexity index is 851. The van der Waals surface area contributed by atoms with Gasteiger partial charge in [0, 0.05) is 43.6 Å². The van der Waals surface area contributed by atoms with Crippen LogP contribution in [-0.4, -0.2) is 46.5 Å². The number of aryl methyl sites for hydroxylation is 1. The lowest BCUT2D eigenvalue weighted by molar-refractivity contribution is -0.137. The SMILES string of the molecule is Cn1nc(CNC(=O)N2CC3(CCC3)C2C2CCOCC2)c2ccccc21. The minimum Gasteiger partial charge on any atom is -0.381 e. The Labute approximate surface area is 159 Å². The molecular formula is C21H28N4O2. The maximum atomic E-state index is 13.0. The van der Waals surface area contributed by atoms with Gasteiger partial charge in [-0.05, 0) is 37.7 Å². The highest BCUT2D eigenvalue weighted by atomic mass is 16.5. The van der Waals surface area contributed by atoms with E-state index in [1.54, 1.807) is 0 Å². The fourth-order valence-corrected chi connectivity index (χ4v) is 5.50. The Kier molecular flexibility index (Phi) is 4.11. The van der Waals surface area contributed by atoms with Gasteiger partial charge in [0.05, 0.1) is 17.8 Å². The number of likely N-dealkylation sites (tertiary alicyclic amines) is 1. The summed E-state index contributed by atoms with van der Waals surface area (Å²) in [4.78, 5) is 15.1. The fraction of sp³-hybridized carbons (Fsp3) is 0.619. The molecule has 3 fully saturated rings. The lowest BCUT2D eigenvalue weighted by Gasteiger charge is -2.64. The third-order valence-electron chi connectivity index (χ3n) is 7.01. The van der Waals surface area contributed by atoms with Crippen LogP contribution in [0.4, 0.5) is 4.79 Å². The van der Waals surface area contributed by atoms with Crippen LogP contribution >= 0.6 is 0 Å². The van der Waals surface area contributed by atoms with Crippen LogP contribution in [-0.2, 0) is 18.3 Å². The molecule has 1 spiro atoms. The van der Waals surface area contributed by atoms with Gasteiger partial charge in [-0.3, -0.25) is 4.68 Å². The van der Waals surface area contributed by atoms with Gasteiger partial charge in [0.1, 0.15) is 0 Å². The van der Waals surface area contributed by atoms with E-state index in [0.29, 0.717) is 23.9 Å². The van der Waals surface area contributed by atoms with Crippen molar-refractivity contribution in [3.05, 3.63) is 30.0 Å². The molecule has 144 valence electrons. The average molecular weight is 368 g/mol. The van der Waals surface area contributed by atoms with Crippen LogP contribution in [0.1, 0.15) is 37.8 Å². The van der Waals surface area contributed by atoms with Crippen molar-refractivity contribution in [3.8, 4) is 0 Å². The van der Waals surface area contributed by atoms with E-state index in [9.17, 15) is 4.79 Å². The highest BCUT2D eigenvalue weighted by molar-refractivity contribution is 5.82. The Hall–Kier alpha value is -2.08. The molecule has 2 aromatic rings. The molecule has 1 atom stereocenters. The van der Waals surface area contributed by atoms with Crippen LogP contribution in [0.2, 0.25) is 0 Å². The lowest BCUT2D eigenvalue weighted by atomic mass is 9.54. The second-order valence-corrected chi connectivity index (χ2v) is 8.48. The van der Waals surface area contributed by atoms with Crippen molar-refractivity contribution in [1.29, 1.82) is 0 Å². The van der Waals surface area contributed by atoms with E-state index in [2.05, 4.69) is 27.4 Å². The molecule has 2 aliphatic heterocycles. The number of hydrogen-bond acceptors (Lipinski definition) is 3. The van der Waals surface area contributed by atoms with Crippen molar-refractivity contribution < 1.29 is 9.53 Å². The standard InChI is InChI=1S/C21H28N4O2/c1-24-18-6-3-2-5-16(18)17(23-24)13-22-20(26)25-14-21(9-4-10-21)19(25)15-7-11-27-12-8-15/h2-3,5-6,15,19H,4,7-14H2,1H3,(H,22,26). The zero-order valence-corrected chi connectivity index (χ0v) is 16.0. The number of fused-ring (bicyclic) bond motifs is 1. The smallest absolute Gasteiger partial charge is 0.318 e. The Morgan fingerprint density at radius 2 is 2.07 bits per heavy atom. The van der Waals surface area contributed by atoms with Crippen molar-refractivity contribution in [1.82, 2.24) is 20.0 Å². The van der Waals surface area contributed by atoms with Gasteiger partial charge in [-0.2, -0.15) is 5.10 Å². The van der Waals surface area contributed by atoms with Crippen LogP contribution in [0.5, 0.6) is 0 Å². The van der Waals surface area contributed by atoms with Gasteiger partial charge in [-0.1, -0.05) is 24.6 Å². The number of hydrogen-bond donors (Lipinski definition) is 1. The van der Waals surface area contributed by atoms with Gasteiger partial charge >= 0.3 is 6.03 Å². The van der Waals surface area contributed by atoms with Gasteiger partial charge in [-0.15, -0.1) is 0 Å². The molecule has 1 aromatic heterocycles. The number of carbonyl (C=O) groups is 1. The molecule has 3 aliphatic rings. The number of urea groups is 1. The van der Waals surface area contributed by atoms with Crippen LogP contribution in [0.3, 0.4) is 0 Å². The first-order valence-electron chi connectivity index (χ1n) is 10.2. The van der Waals surface area contributed by atoms with Crippen LogP contribution < -0.4 is 5.32 Å². The molecular weight excluding hydrogens is 340 g/mol. The average Bonchev–Trinajstić information content (AvgIpc) is 2.95. The number of aromatic nitrogens is 2. The number of carbonyl (C=O) groups excluding carboxylic acids is 1. The highest BCUT2D eigenvalue weighted by Gasteiger charge is 2.59. The first kappa shape index (κ1) is 17.0. The van der Waals surface area contributed by atoms with Crippen molar-refractivity contribution in [2.45, 2.75) is 44.7 Å². The minimum atomic E-state index is 0.0683. The highest BCUT2D eigenvalue weighted by Crippen LogP contribution is 2.56. The third kappa shape index (κ3) is 2.73. The van der Waals surface area contributed by atoms with Crippen molar-refractivity contribution in [2.24, 2.45) is 18.4 Å². The summed E-state index contributed by atoms with van der Waals surface area (Å²) in [5.74, 6) is 0.592. The first-order chi connectivity index (χ1) is 13.2. The Morgan fingerprint density at radius 3 is 2.81 bits per heavy atom. The number of nitrogens with one attached hydrogen (secondary N) is 1. The fourth-order valence-electron chi connectivity index (χ4n) is 5.50. The molecule has 2 amide bonds. The number of rotatable bonds is 3. The summed E-state index contributed by atoms with van der Waals surface area (Å²) in [5.41, 5.74) is 2.43. The summed E-state index contributed by atoms with van der Waals surface area (Å²) in [5, 5.41) is 8.85. The molecule has 6 nitrogen and oxygen atoms in total. The van der Waals surface area contributed by atoms with Gasteiger partial charge in [0.15, 0.2) is 0 Å². The van der Waals surface area contributed by atoms with Crippen molar-refractivity contribution in [2.75, 3.05) is 19.8 Å². The van der Waals surface area contributed by atoms with Crippen LogP contribution in [0, 0.1) is 11.3 Å². The first-order valence-corrected chi connectivity index (χ1v) is 10.2. The monoisotopic (exact) mass is 368 g/mol. The third-order valence-corrected chi connectivity index (χ3v) is 7.01.